The summed E-state index contributed by atoms with van der Waals surface area (Å²) in [5.41, 5.74) is 0.415. The SMILES string of the molecule is COc1cc(O[Si](C)(C)C(C)(C)C)c(C=O)c(C(=O)O)c1C. The maximum absolute atomic E-state index is 11.5. The lowest BCUT2D eigenvalue weighted by molar-refractivity contribution is 0.0692. The molecule has 0 saturated heterocycles. The molecule has 1 aromatic rings. The van der Waals surface area contributed by atoms with Crippen LogP contribution in [-0.4, -0.2) is 32.8 Å². The van der Waals surface area contributed by atoms with E-state index in [1.165, 1.54) is 7.11 Å². The summed E-state index contributed by atoms with van der Waals surface area (Å²) in [6.45, 7) is 11.9. The van der Waals surface area contributed by atoms with Crippen molar-refractivity contribution in [3.05, 3.63) is 22.8 Å². The van der Waals surface area contributed by atoms with Gasteiger partial charge in [-0.2, -0.15) is 0 Å². The lowest BCUT2D eigenvalue weighted by Crippen LogP contribution is -2.44. The minimum absolute atomic E-state index is 0.0654. The molecule has 0 aromatic heterocycles. The molecule has 122 valence electrons. The van der Waals surface area contributed by atoms with E-state index in [1.54, 1.807) is 13.0 Å². The molecule has 1 aromatic carbocycles. The van der Waals surface area contributed by atoms with Crippen LogP contribution in [0.4, 0.5) is 0 Å². The zero-order valence-electron chi connectivity index (χ0n) is 14.2. The number of rotatable bonds is 5. The Morgan fingerprint density at radius 3 is 2.18 bits per heavy atom. The fourth-order valence-corrected chi connectivity index (χ4v) is 2.90. The molecule has 22 heavy (non-hydrogen) atoms. The highest BCUT2D eigenvalue weighted by Gasteiger charge is 2.40. The Bertz CT molecular complexity index is 600. The van der Waals surface area contributed by atoms with Gasteiger partial charge < -0.3 is 14.3 Å². The molecular formula is C16H24O5Si. The monoisotopic (exact) mass is 324 g/mol. The molecule has 0 spiro atoms. The molecular weight excluding hydrogens is 300 g/mol. The first-order chi connectivity index (χ1) is 9.96. The zero-order valence-corrected chi connectivity index (χ0v) is 15.2. The predicted octanol–water partition coefficient (Wildman–Crippen LogP) is 3.90. The first-order valence-corrected chi connectivity index (χ1v) is 9.96. The zero-order chi connectivity index (χ0) is 17.3. The number of carboxylic acid groups (broad SMARTS) is 1. The van der Waals surface area contributed by atoms with Crippen LogP contribution in [0.15, 0.2) is 6.07 Å². The predicted molar refractivity (Wildman–Crippen MR) is 87.9 cm³/mol. The Kier molecular flexibility index (Phi) is 5.07. The van der Waals surface area contributed by atoms with E-state index in [2.05, 4.69) is 20.8 Å². The molecule has 5 nitrogen and oxygen atoms in total. The molecule has 0 aliphatic heterocycles. The van der Waals surface area contributed by atoms with Gasteiger partial charge in [0.25, 0.3) is 8.32 Å². The Balaban J connectivity index is 3.58. The highest BCUT2D eigenvalue weighted by atomic mass is 28.4. The second-order valence-electron chi connectivity index (χ2n) is 6.78. The summed E-state index contributed by atoms with van der Waals surface area (Å²) in [5, 5.41) is 9.35. The van der Waals surface area contributed by atoms with Gasteiger partial charge in [-0.25, -0.2) is 4.79 Å². The van der Waals surface area contributed by atoms with Gasteiger partial charge in [0, 0.05) is 11.6 Å². The lowest BCUT2D eigenvalue weighted by atomic mass is 10.0. The Hall–Kier alpha value is -1.82. The van der Waals surface area contributed by atoms with Crippen LogP contribution < -0.4 is 9.16 Å². The second-order valence-corrected chi connectivity index (χ2v) is 11.5. The van der Waals surface area contributed by atoms with Crippen molar-refractivity contribution in [2.24, 2.45) is 0 Å². The van der Waals surface area contributed by atoms with E-state index in [9.17, 15) is 14.7 Å². The van der Waals surface area contributed by atoms with Crippen LogP contribution in [0.2, 0.25) is 18.1 Å². The largest absolute Gasteiger partial charge is 0.543 e. The lowest BCUT2D eigenvalue weighted by Gasteiger charge is -2.37. The number of benzene rings is 1. The van der Waals surface area contributed by atoms with Crippen molar-refractivity contribution >= 4 is 20.6 Å². The molecule has 6 heteroatoms. The van der Waals surface area contributed by atoms with E-state index in [4.69, 9.17) is 9.16 Å². The maximum Gasteiger partial charge on any atom is 0.336 e. The summed E-state index contributed by atoms with van der Waals surface area (Å²) in [6, 6.07) is 1.60. The molecule has 0 fully saturated rings. The number of carbonyl (C=O) groups excluding carboxylic acids is 1. The number of aromatic carboxylic acids is 1. The standard InChI is InChI=1S/C16H24O5Si/c1-10-12(20-5)8-13(11(9-17)14(10)15(18)19)21-22(6,7)16(2,3)4/h8-9H,1-7H3,(H,18,19). The quantitative estimate of drug-likeness (QED) is 0.657. The average Bonchev–Trinajstić information content (AvgIpc) is 2.37. The minimum Gasteiger partial charge on any atom is -0.543 e. The fraction of sp³-hybridized carbons (Fsp3) is 0.500. The summed E-state index contributed by atoms with van der Waals surface area (Å²) in [7, 11) is -0.749. The van der Waals surface area contributed by atoms with Crippen LogP contribution in [-0.2, 0) is 0 Å². The summed E-state index contributed by atoms with van der Waals surface area (Å²) >= 11 is 0. The Labute approximate surface area is 132 Å². The summed E-state index contributed by atoms with van der Waals surface area (Å²) in [5.74, 6) is -0.489. The van der Waals surface area contributed by atoms with Crippen molar-refractivity contribution in [1.82, 2.24) is 0 Å². The third-order valence-corrected chi connectivity index (χ3v) is 8.61. The topological polar surface area (TPSA) is 72.8 Å². The number of aldehydes is 1. The minimum atomic E-state index is -2.21. The third kappa shape index (κ3) is 3.32. The number of carbonyl (C=O) groups is 2. The number of hydrogen-bond acceptors (Lipinski definition) is 4. The molecule has 0 aliphatic rings. The highest BCUT2D eigenvalue weighted by Crippen LogP contribution is 2.40. The molecule has 1 N–H and O–H groups in total. The molecule has 1 rings (SSSR count). The fourth-order valence-electron chi connectivity index (χ4n) is 1.87. The van der Waals surface area contributed by atoms with Gasteiger partial charge in [0.15, 0.2) is 6.29 Å². The molecule has 0 atom stereocenters. The molecule has 0 saturated carbocycles. The molecule has 0 aliphatic carbocycles. The van der Waals surface area contributed by atoms with Gasteiger partial charge in [0.2, 0.25) is 0 Å². The third-order valence-electron chi connectivity index (χ3n) is 4.26. The van der Waals surface area contributed by atoms with Crippen molar-refractivity contribution in [3.63, 3.8) is 0 Å². The Morgan fingerprint density at radius 1 is 1.27 bits per heavy atom. The van der Waals surface area contributed by atoms with Gasteiger partial charge in [-0.15, -0.1) is 0 Å². The molecule has 0 amide bonds. The summed E-state index contributed by atoms with van der Waals surface area (Å²) in [4.78, 5) is 23.0. The Morgan fingerprint density at radius 2 is 1.82 bits per heavy atom. The first-order valence-electron chi connectivity index (χ1n) is 7.05. The van der Waals surface area contributed by atoms with Gasteiger partial charge >= 0.3 is 5.97 Å². The van der Waals surface area contributed by atoms with E-state index in [-0.39, 0.29) is 21.9 Å². The summed E-state index contributed by atoms with van der Waals surface area (Å²) < 4.78 is 11.4. The smallest absolute Gasteiger partial charge is 0.336 e. The van der Waals surface area contributed by atoms with Gasteiger partial charge in [0.05, 0.1) is 18.2 Å². The molecule has 0 unspecified atom stereocenters. The van der Waals surface area contributed by atoms with E-state index in [0.29, 0.717) is 17.6 Å². The van der Waals surface area contributed by atoms with E-state index in [1.807, 2.05) is 13.1 Å². The van der Waals surface area contributed by atoms with Crippen LogP contribution in [0.5, 0.6) is 11.5 Å². The van der Waals surface area contributed by atoms with Crippen LogP contribution in [0, 0.1) is 6.92 Å². The van der Waals surface area contributed by atoms with E-state index < -0.39 is 14.3 Å². The number of carboxylic acids is 1. The first kappa shape index (κ1) is 18.2. The van der Waals surface area contributed by atoms with Gasteiger partial charge in [-0.3, -0.25) is 4.79 Å². The van der Waals surface area contributed by atoms with Crippen molar-refractivity contribution < 1.29 is 23.9 Å². The van der Waals surface area contributed by atoms with E-state index in [0.717, 1.165) is 0 Å². The van der Waals surface area contributed by atoms with Crippen molar-refractivity contribution in [2.75, 3.05) is 7.11 Å². The van der Waals surface area contributed by atoms with Crippen molar-refractivity contribution in [1.29, 1.82) is 0 Å². The van der Waals surface area contributed by atoms with Gasteiger partial charge in [-0.1, -0.05) is 20.8 Å². The maximum atomic E-state index is 11.5. The van der Waals surface area contributed by atoms with Crippen LogP contribution in [0.25, 0.3) is 0 Å². The number of hydrogen-bond donors (Lipinski definition) is 1. The van der Waals surface area contributed by atoms with Crippen molar-refractivity contribution in [2.45, 2.75) is 45.8 Å². The number of ether oxygens (including phenoxy) is 1. The van der Waals surface area contributed by atoms with Gasteiger partial charge in [-0.05, 0) is 25.1 Å². The van der Waals surface area contributed by atoms with Crippen LogP contribution in [0.3, 0.4) is 0 Å². The highest BCUT2D eigenvalue weighted by molar-refractivity contribution is 6.74. The number of methoxy groups -OCH3 is 1. The summed E-state index contributed by atoms with van der Waals surface area (Å²) in [6.07, 6.45) is 0.540. The molecule has 0 bridgehead atoms. The average molecular weight is 324 g/mol. The molecule has 0 radical (unpaired) electrons. The normalized spacial score (nSPS) is 12.0. The second kappa shape index (κ2) is 6.12. The van der Waals surface area contributed by atoms with Crippen molar-refractivity contribution in [3.8, 4) is 11.5 Å². The van der Waals surface area contributed by atoms with E-state index >= 15 is 0 Å². The van der Waals surface area contributed by atoms with Crippen LogP contribution >= 0.6 is 0 Å². The molecule has 0 heterocycles. The van der Waals surface area contributed by atoms with Gasteiger partial charge in [0.1, 0.15) is 11.5 Å². The van der Waals surface area contributed by atoms with Crippen LogP contribution in [0.1, 0.15) is 47.1 Å².